The lowest BCUT2D eigenvalue weighted by Gasteiger charge is -2.09. The van der Waals surface area contributed by atoms with Gasteiger partial charge in [-0.3, -0.25) is 9.89 Å². The number of aryl methyl sites for hydroxylation is 1. The van der Waals surface area contributed by atoms with E-state index in [1.54, 1.807) is 12.1 Å². The first kappa shape index (κ1) is 18.6. The summed E-state index contributed by atoms with van der Waals surface area (Å²) in [7, 11) is 0. The Morgan fingerprint density at radius 3 is 2.77 bits per heavy atom. The minimum Gasteiger partial charge on any atom is -0.326 e. The Morgan fingerprint density at radius 2 is 2.07 bits per heavy atom. The van der Waals surface area contributed by atoms with Gasteiger partial charge in [-0.15, -0.1) is 0 Å². The summed E-state index contributed by atoms with van der Waals surface area (Å²) >= 11 is 1.42. The van der Waals surface area contributed by atoms with Crippen LogP contribution in [0.2, 0.25) is 0 Å². The number of H-pyrrole nitrogens is 1. The van der Waals surface area contributed by atoms with Crippen molar-refractivity contribution in [3.8, 4) is 0 Å². The first-order valence-electron chi connectivity index (χ1n) is 9.47. The van der Waals surface area contributed by atoms with Crippen LogP contribution in [0.4, 0.5) is 21.8 Å². The minimum absolute atomic E-state index is 0.0770. The van der Waals surface area contributed by atoms with E-state index in [-0.39, 0.29) is 17.8 Å². The molecule has 4 aromatic rings. The van der Waals surface area contributed by atoms with Gasteiger partial charge in [-0.1, -0.05) is 11.8 Å². The number of halogens is 1. The zero-order valence-corrected chi connectivity index (χ0v) is 16.8. The van der Waals surface area contributed by atoms with Gasteiger partial charge in [0.25, 0.3) is 0 Å². The van der Waals surface area contributed by atoms with E-state index in [1.807, 2.05) is 31.2 Å². The Hall–Kier alpha value is -3.40. The van der Waals surface area contributed by atoms with Crippen LogP contribution in [-0.4, -0.2) is 30.5 Å². The van der Waals surface area contributed by atoms with E-state index in [1.165, 1.54) is 16.2 Å². The fourth-order valence-electron chi connectivity index (χ4n) is 3.00. The second kappa shape index (κ2) is 7.45. The minimum atomic E-state index is -0.514. The molecule has 10 heteroatoms. The number of hydrogen-bond donors (Lipinski definition) is 3. The van der Waals surface area contributed by atoms with Crippen LogP contribution in [0.25, 0.3) is 5.65 Å². The molecule has 1 amide bonds. The van der Waals surface area contributed by atoms with Crippen molar-refractivity contribution in [2.75, 3.05) is 10.6 Å². The number of carbonyl (C=O) groups is 1. The Labute approximate surface area is 175 Å². The number of amides is 1. The molecular formula is C20H18FN7OS. The fourth-order valence-corrected chi connectivity index (χ4v) is 3.81. The van der Waals surface area contributed by atoms with Gasteiger partial charge in [-0.05, 0) is 44.0 Å². The number of imidazole rings is 1. The predicted octanol–water partition coefficient (Wildman–Crippen LogP) is 4.14. The molecule has 0 spiro atoms. The summed E-state index contributed by atoms with van der Waals surface area (Å²) in [6, 6.07) is 11.1. The first-order valence-corrected chi connectivity index (χ1v) is 10.3. The second-order valence-corrected chi connectivity index (χ2v) is 8.24. The van der Waals surface area contributed by atoms with Gasteiger partial charge in [0, 0.05) is 34.3 Å². The highest BCUT2D eigenvalue weighted by molar-refractivity contribution is 7.99. The van der Waals surface area contributed by atoms with Crippen molar-refractivity contribution in [1.29, 1.82) is 0 Å². The SMILES string of the molecule is Cc1cc(Nc2nc(Sc3ccc(NC(=O)C4CC4)cc3)cc3ncc(F)n23)n[nH]1. The molecule has 8 nitrogen and oxygen atoms in total. The summed E-state index contributed by atoms with van der Waals surface area (Å²) in [5.41, 5.74) is 2.08. The number of nitrogens with one attached hydrogen (secondary N) is 3. The topological polar surface area (TPSA) is 100 Å². The van der Waals surface area contributed by atoms with Crippen LogP contribution in [0.15, 0.2) is 52.5 Å². The third-order valence-corrected chi connectivity index (χ3v) is 5.59. The van der Waals surface area contributed by atoms with Crippen molar-refractivity contribution < 1.29 is 9.18 Å². The average Bonchev–Trinajstić information content (AvgIpc) is 3.41. The molecule has 5 rings (SSSR count). The number of fused-ring (bicyclic) bond motifs is 1. The van der Waals surface area contributed by atoms with Crippen LogP contribution in [0.1, 0.15) is 18.5 Å². The number of hydrogen-bond acceptors (Lipinski definition) is 6. The molecule has 0 atom stereocenters. The van der Waals surface area contributed by atoms with Crippen LogP contribution in [0, 0.1) is 18.8 Å². The van der Waals surface area contributed by atoms with E-state index < -0.39 is 5.95 Å². The molecule has 3 heterocycles. The maximum Gasteiger partial charge on any atom is 0.227 e. The number of nitrogens with zero attached hydrogens (tertiary/aromatic N) is 4. The highest BCUT2D eigenvalue weighted by Gasteiger charge is 2.29. The molecule has 3 N–H and O–H groups in total. The van der Waals surface area contributed by atoms with Crippen LogP contribution < -0.4 is 10.6 Å². The first-order chi connectivity index (χ1) is 14.5. The summed E-state index contributed by atoms with van der Waals surface area (Å²) < 4.78 is 15.5. The van der Waals surface area contributed by atoms with E-state index in [0.717, 1.165) is 35.3 Å². The maximum absolute atomic E-state index is 14.2. The van der Waals surface area contributed by atoms with Gasteiger partial charge >= 0.3 is 0 Å². The zero-order chi connectivity index (χ0) is 20.7. The lowest BCUT2D eigenvalue weighted by molar-refractivity contribution is -0.117. The molecule has 30 heavy (non-hydrogen) atoms. The molecule has 0 aliphatic heterocycles. The third-order valence-electron chi connectivity index (χ3n) is 4.66. The number of aromatic amines is 1. The van der Waals surface area contributed by atoms with E-state index >= 15 is 0 Å². The second-order valence-electron chi connectivity index (χ2n) is 7.14. The summed E-state index contributed by atoms with van der Waals surface area (Å²) in [5, 5.41) is 13.6. The van der Waals surface area contributed by atoms with E-state index in [4.69, 9.17) is 0 Å². The van der Waals surface area contributed by atoms with E-state index in [0.29, 0.717) is 16.5 Å². The number of carbonyl (C=O) groups excluding carboxylic acids is 1. The summed E-state index contributed by atoms with van der Waals surface area (Å²) in [5.74, 6) is 0.541. The predicted molar refractivity (Wildman–Crippen MR) is 111 cm³/mol. The lowest BCUT2D eigenvalue weighted by atomic mass is 10.3. The summed E-state index contributed by atoms with van der Waals surface area (Å²) in [6.45, 7) is 1.88. The van der Waals surface area contributed by atoms with Gasteiger partial charge in [0.1, 0.15) is 10.7 Å². The smallest absolute Gasteiger partial charge is 0.227 e. The molecule has 0 bridgehead atoms. The normalized spacial score (nSPS) is 13.5. The lowest BCUT2D eigenvalue weighted by Crippen LogP contribution is -2.12. The largest absolute Gasteiger partial charge is 0.326 e. The van der Waals surface area contributed by atoms with Crippen molar-refractivity contribution in [3.05, 3.63) is 54.2 Å². The molecule has 152 valence electrons. The van der Waals surface area contributed by atoms with Gasteiger partial charge in [-0.25, -0.2) is 14.4 Å². The monoisotopic (exact) mass is 423 g/mol. The van der Waals surface area contributed by atoms with Crippen LogP contribution in [0.5, 0.6) is 0 Å². The number of aromatic nitrogens is 5. The van der Waals surface area contributed by atoms with Crippen LogP contribution in [0.3, 0.4) is 0 Å². The molecule has 1 saturated carbocycles. The third kappa shape index (κ3) is 3.86. The van der Waals surface area contributed by atoms with E-state index in [2.05, 4.69) is 30.8 Å². The summed E-state index contributed by atoms with van der Waals surface area (Å²) in [4.78, 5) is 21.5. The number of benzene rings is 1. The van der Waals surface area contributed by atoms with Crippen LogP contribution >= 0.6 is 11.8 Å². The average molecular weight is 423 g/mol. The summed E-state index contributed by atoms with van der Waals surface area (Å²) in [6.07, 6.45) is 3.09. The molecule has 1 aliphatic carbocycles. The molecule has 1 aromatic carbocycles. The van der Waals surface area contributed by atoms with Crippen molar-refractivity contribution >= 4 is 40.8 Å². The Bertz CT molecular complexity index is 1230. The fraction of sp³-hybridized carbons (Fsp3) is 0.200. The number of rotatable bonds is 6. The molecule has 3 aromatic heterocycles. The van der Waals surface area contributed by atoms with Crippen LogP contribution in [-0.2, 0) is 4.79 Å². The Morgan fingerprint density at radius 1 is 1.27 bits per heavy atom. The maximum atomic E-state index is 14.2. The van der Waals surface area contributed by atoms with Gasteiger partial charge in [-0.2, -0.15) is 9.49 Å². The van der Waals surface area contributed by atoms with Crippen molar-refractivity contribution in [2.45, 2.75) is 29.7 Å². The van der Waals surface area contributed by atoms with Gasteiger partial charge in [0.15, 0.2) is 5.82 Å². The standard InChI is InChI=1S/C20H18FN7OS/c1-11-8-16(27-26-11)24-20-25-18(9-17-22-10-15(21)28(17)20)30-14-6-4-13(5-7-14)23-19(29)12-2-3-12/h4-10,12H,2-3H2,1H3,(H,23,29)(H2,24,25,26,27). The molecule has 0 radical (unpaired) electrons. The number of anilines is 3. The molecule has 0 unspecified atom stereocenters. The molecular weight excluding hydrogens is 405 g/mol. The van der Waals surface area contributed by atoms with E-state index in [9.17, 15) is 9.18 Å². The van der Waals surface area contributed by atoms with Crippen molar-refractivity contribution in [3.63, 3.8) is 0 Å². The zero-order valence-electron chi connectivity index (χ0n) is 16.0. The van der Waals surface area contributed by atoms with Crippen molar-refractivity contribution in [2.24, 2.45) is 5.92 Å². The molecule has 1 fully saturated rings. The Kier molecular flexibility index (Phi) is 4.62. The quantitative estimate of drug-likeness (QED) is 0.403. The highest BCUT2D eigenvalue weighted by Crippen LogP contribution is 2.32. The Balaban J connectivity index is 1.39. The van der Waals surface area contributed by atoms with Crippen molar-refractivity contribution in [1.82, 2.24) is 24.6 Å². The highest BCUT2D eigenvalue weighted by atomic mass is 32.2. The van der Waals surface area contributed by atoms with Gasteiger partial charge in [0.2, 0.25) is 17.8 Å². The van der Waals surface area contributed by atoms with Gasteiger partial charge < -0.3 is 10.6 Å². The van der Waals surface area contributed by atoms with Gasteiger partial charge in [0.05, 0.1) is 6.20 Å². The molecule has 1 aliphatic rings. The molecule has 0 saturated heterocycles.